The van der Waals surface area contributed by atoms with Crippen molar-refractivity contribution in [2.45, 2.75) is 17.4 Å². The predicted molar refractivity (Wildman–Crippen MR) is 113 cm³/mol. The van der Waals surface area contributed by atoms with E-state index in [1.54, 1.807) is 30.3 Å². The van der Waals surface area contributed by atoms with Gasteiger partial charge in [0.1, 0.15) is 6.04 Å². The van der Waals surface area contributed by atoms with E-state index in [2.05, 4.69) is 9.71 Å². The van der Waals surface area contributed by atoms with Crippen LogP contribution in [0.1, 0.15) is 16.8 Å². The van der Waals surface area contributed by atoms with E-state index in [1.165, 1.54) is 37.1 Å². The van der Waals surface area contributed by atoms with E-state index in [0.29, 0.717) is 23.3 Å². The van der Waals surface area contributed by atoms with Gasteiger partial charge in [-0.05, 0) is 47.8 Å². The van der Waals surface area contributed by atoms with Gasteiger partial charge in [-0.1, -0.05) is 34.7 Å². The molecule has 1 N–H and O–H groups in total. The quantitative estimate of drug-likeness (QED) is 0.355. The van der Waals surface area contributed by atoms with E-state index < -0.39 is 27.9 Å². The van der Waals surface area contributed by atoms with Crippen LogP contribution < -0.4 is 5.32 Å². The van der Waals surface area contributed by atoms with Crippen LogP contribution in [0.15, 0.2) is 57.8 Å². The molecule has 158 valence electrons. The van der Waals surface area contributed by atoms with Crippen LogP contribution in [0.3, 0.4) is 0 Å². The fourth-order valence-corrected chi connectivity index (χ4v) is 3.88. The number of isocyanates is 1. The van der Waals surface area contributed by atoms with Gasteiger partial charge < -0.3 is 10.1 Å². The van der Waals surface area contributed by atoms with Crippen molar-refractivity contribution in [2.24, 2.45) is 4.40 Å². The van der Waals surface area contributed by atoms with Gasteiger partial charge in [-0.15, -0.1) is 0 Å². The number of nitrogens with one attached hydrogen (secondary N) is 1. The Kier molecular flexibility index (Phi) is 8.35. The first-order chi connectivity index (χ1) is 14.3. The van der Waals surface area contributed by atoms with Crippen LogP contribution in [0.4, 0.5) is 0 Å². The lowest BCUT2D eigenvalue weighted by Gasteiger charge is -2.18. The number of nitrogens with zero attached hydrogens (tertiary/aromatic N) is 1. The Labute approximate surface area is 178 Å². The minimum Gasteiger partial charge on any atom is -0.467 e. The first-order valence-electron chi connectivity index (χ1n) is 8.75. The molecule has 1 amide bonds. The molecule has 2 rings (SSSR count). The van der Waals surface area contributed by atoms with E-state index in [0.717, 1.165) is 6.08 Å². The number of sulfonamides is 1. The second kappa shape index (κ2) is 10.7. The lowest BCUT2D eigenvalue weighted by atomic mass is 9.99. The smallest absolute Gasteiger partial charge is 0.328 e. The summed E-state index contributed by atoms with van der Waals surface area (Å²) < 4.78 is 31.9. The average molecular weight is 449 g/mol. The predicted octanol–water partition coefficient (Wildman–Crippen LogP) is 2.40. The summed E-state index contributed by atoms with van der Waals surface area (Å²) in [5, 5.41) is 2.65. The summed E-state index contributed by atoms with van der Waals surface area (Å²) in [6.07, 6.45) is 3.28. The summed E-state index contributed by atoms with van der Waals surface area (Å²) in [5.41, 5.74) is 1.05. The van der Waals surface area contributed by atoms with Gasteiger partial charge in [-0.3, -0.25) is 4.79 Å². The van der Waals surface area contributed by atoms with Crippen molar-refractivity contribution in [2.75, 3.05) is 19.1 Å². The molecule has 1 unspecified atom stereocenters. The molecule has 30 heavy (non-hydrogen) atoms. The molecule has 0 aromatic heterocycles. The number of rotatable bonds is 9. The molecule has 0 radical (unpaired) electrons. The van der Waals surface area contributed by atoms with Gasteiger partial charge in [0.2, 0.25) is 0 Å². The first-order valence-corrected chi connectivity index (χ1v) is 11.6. The highest BCUT2D eigenvalue weighted by Gasteiger charge is 2.24. The Morgan fingerprint density at radius 1 is 1.20 bits per heavy atom. The highest BCUT2D eigenvalue weighted by molar-refractivity contribution is 7.98. The van der Waals surface area contributed by atoms with Crippen molar-refractivity contribution in [1.82, 2.24) is 5.32 Å². The third-order valence-electron chi connectivity index (χ3n) is 4.18. The lowest BCUT2D eigenvalue weighted by Crippen LogP contribution is -2.42. The standard InChI is InChI=1S/C20H20N2O6S2/c1-28-20(25)18(10-11-29-2)22-19(24)16-9-8-15(30(26,27)21-13-23)12-17(16)14-6-4-3-5-7-14/h3-9,12,18H,10-11H2,1-2H3,(H,22,24). The first kappa shape index (κ1) is 23.3. The highest BCUT2D eigenvalue weighted by atomic mass is 32.2. The minimum atomic E-state index is -4.24. The summed E-state index contributed by atoms with van der Waals surface area (Å²) in [6.45, 7) is 0. The molecule has 0 spiro atoms. The molecule has 0 aliphatic carbocycles. The molecule has 0 saturated heterocycles. The summed E-state index contributed by atoms with van der Waals surface area (Å²) >= 11 is 1.52. The number of amides is 1. The molecule has 8 nitrogen and oxygen atoms in total. The van der Waals surface area contributed by atoms with Gasteiger partial charge in [0.15, 0.2) is 0 Å². The zero-order valence-electron chi connectivity index (χ0n) is 16.3. The van der Waals surface area contributed by atoms with Gasteiger partial charge in [0, 0.05) is 5.56 Å². The largest absolute Gasteiger partial charge is 0.467 e. The van der Waals surface area contributed by atoms with E-state index in [4.69, 9.17) is 4.74 Å². The number of hydrogen-bond donors (Lipinski definition) is 1. The van der Waals surface area contributed by atoms with Crippen molar-refractivity contribution < 1.29 is 27.5 Å². The molecule has 2 aromatic carbocycles. The summed E-state index contributed by atoms with van der Waals surface area (Å²) in [5.74, 6) is -0.502. The molecule has 0 aliphatic rings. The molecule has 0 fully saturated rings. The molecule has 1 atom stereocenters. The maximum Gasteiger partial charge on any atom is 0.328 e. The summed E-state index contributed by atoms with van der Waals surface area (Å²) in [4.78, 5) is 35.2. The Balaban J connectivity index is 2.51. The van der Waals surface area contributed by atoms with Gasteiger partial charge in [-0.2, -0.15) is 20.2 Å². The lowest BCUT2D eigenvalue weighted by molar-refractivity contribution is -0.142. The summed E-state index contributed by atoms with van der Waals surface area (Å²) in [6, 6.07) is 11.6. The second-order valence-corrected chi connectivity index (χ2v) is 8.65. The van der Waals surface area contributed by atoms with Crippen LogP contribution in [0.2, 0.25) is 0 Å². The van der Waals surface area contributed by atoms with Crippen LogP contribution in [0.25, 0.3) is 11.1 Å². The Bertz CT molecular complexity index is 1060. The Hall–Kier alpha value is -2.94. The van der Waals surface area contributed by atoms with Crippen molar-refractivity contribution in [3.8, 4) is 11.1 Å². The SMILES string of the molecule is COC(=O)C(CCSC)NC(=O)c1ccc(S(=O)(=O)N=C=O)cc1-c1ccccc1. The van der Waals surface area contributed by atoms with E-state index in [9.17, 15) is 22.8 Å². The van der Waals surface area contributed by atoms with E-state index >= 15 is 0 Å². The number of esters is 1. The fourth-order valence-electron chi connectivity index (χ4n) is 2.70. The number of hydrogen-bond acceptors (Lipinski definition) is 7. The van der Waals surface area contributed by atoms with Crippen molar-refractivity contribution in [3.05, 3.63) is 54.1 Å². The molecule has 0 saturated carbocycles. The molecule has 10 heteroatoms. The number of ether oxygens (including phenoxy) is 1. The van der Waals surface area contributed by atoms with Crippen LogP contribution in [-0.2, 0) is 24.3 Å². The van der Waals surface area contributed by atoms with Crippen LogP contribution in [0, 0.1) is 0 Å². The normalized spacial score (nSPS) is 11.8. The van der Waals surface area contributed by atoms with Gasteiger partial charge in [0.25, 0.3) is 22.0 Å². The fraction of sp³-hybridized carbons (Fsp3) is 0.250. The topological polar surface area (TPSA) is 119 Å². The van der Waals surface area contributed by atoms with Gasteiger partial charge >= 0.3 is 5.97 Å². The number of benzene rings is 2. The third-order valence-corrected chi connectivity index (χ3v) is 5.99. The maximum atomic E-state index is 13.0. The molecule has 0 heterocycles. The number of thioether (sulfide) groups is 1. The van der Waals surface area contributed by atoms with E-state index in [1.807, 2.05) is 6.26 Å². The van der Waals surface area contributed by atoms with Crippen molar-refractivity contribution in [3.63, 3.8) is 0 Å². The molecular weight excluding hydrogens is 428 g/mol. The van der Waals surface area contributed by atoms with Crippen LogP contribution in [-0.4, -0.2) is 51.5 Å². The van der Waals surface area contributed by atoms with E-state index in [-0.39, 0.29) is 10.5 Å². The molecule has 0 aliphatic heterocycles. The maximum absolute atomic E-state index is 13.0. The number of carbonyl (C=O) groups is 2. The molecular formula is C20H20N2O6S2. The van der Waals surface area contributed by atoms with Crippen molar-refractivity contribution >= 4 is 39.7 Å². The average Bonchev–Trinajstić information content (AvgIpc) is 2.76. The Morgan fingerprint density at radius 3 is 2.50 bits per heavy atom. The second-order valence-electron chi connectivity index (χ2n) is 6.06. The zero-order chi connectivity index (χ0) is 22.1. The minimum absolute atomic E-state index is 0.160. The number of carbonyl (C=O) groups excluding carboxylic acids is 3. The molecule has 2 aromatic rings. The van der Waals surface area contributed by atoms with Gasteiger partial charge in [0.05, 0.1) is 12.0 Å². The number of methoxy groups -OCH3 is 1. The van der Waals surface area contributed by atoms with Gasteiger partial charge in [-0.25, -0.2) is 9.59 Å². The zero-order valence-corrected chi connectivity index (χ0v) is 18.0. The van der Waals surface area contributed by atoms with Crippen LogP contribution >= 0.6 is 11.8 Å². The summed E-state index contributed by atoms with van der Waals surface area (Å²) in [7, 11) is -3.00. The third kappa shape index (κ3) is 5.79. The van der Waals surface area contributed by atoms with Crippen molar-refractivity contribution in [1.29, 1.82) is 0 Å². The monoisotopic (exact) mass is 448 g/mol. The highest BCUT2D eigenvalue weighted by Crippen LogP contribution is 2.27. The molecule has 0 bridgehead atoms. The Morgan fingerprint density at radius 2 is 1.90 bits per heavy atom. The van der Waals surface area contributed by atoms with Crippen LogP contribution in [0.5, 0.6) is 0 Å².